The third kappa shape index (κ3) is 4.49. The SMILES string of the molecule is CCCNC1CCN(C(=O)CCOC)CC1. The summed E-state index contributed by atoms with van der Waals surface area (Å²) in [5.74, 6) is 0.232. The van der Waals surface area contributed by atoms with Crippen LogP contribution in [0.2, 0.25) is 0 Å². The van der Waals surface area contributed by atoms with Gasteiger partial charge in [0.05, 0.1) is 13.0 Å². The van der Waals surface area contributed by atoms with Crippen molar-refractivity contribution in [1.82, 2.24) is 10.2 Å². The largest absolute Gasteiger partial charge is 0.384 e. The predicted octanol–water partition coefficient (Wildman–Crippen LogP) is 1.01. The number of likely N-dealkylation sites (tertiary alicyclic amines) is 1. The summed E-state index contributed by atoms with van der Waals surface area (Å²) < 4.78 is 4.92. The van der Waals surface area contributed by atoms with Crippen LogP contribution in [0.3, 0.4) is 0 Å². The molecule has 0 atom stereocenters. The molecule has 1 aliphatic rings. The van der Waals surface area contributed by atoms with Crippen LogP contribution in [-0.2, 0) is 9.53 Å². The van der Waals surface area contributed by atoms with E-state index in [1.807, 2.05) is 4.90 Å². The van der Waals surface area contributed by atoms with Crippen molar-refractivity contribution in [3.63, 3.8) is 0 Å². The molecule has 1 amide bonds. The van der Waals surface area contributed by atoms with E-state index in [1.54, 1.807) is 7.11 Å². The highest BCUT2D eigenvalue weighted by Crippen LogP contribution is 2.11. The van der Waals surface area contributed by atoms with Crippen molar-refractivity contribution in [1.29, 1.82) is 0 Å². The minimum atomic E-state index is 0.232. The second kappa shape index (κ2) is 7.63. The molecular weight excluding hydrogens is 204 g/mol. The van der Waals surface area contributed by atoms with Gasteiger partial charge in [0.2, 0.25) is 5.91 Å². The molecule has 0 radical (unpaired) electrons. The highest BCUT2D eigenvalue weighted by atomic mass is 16.5. The Balaban J connectivity index is 2.18. The minimum Gasteiger partial charge on any atom is -0.384 e. The average Bonchev–Trinajstić information content (AvgIpc) is 2.34. The quantitative estimate of drug-likeness (QED) is 0.738. The standard InChI is InChI=1S/C12H24N2O2/c1-3-7-13-11-4-8-14(9-5-11)12(15)6-10-16-2/h11,13H,3-10H2,1-2H3. The van der Waals surface area contributed by atoms with Crippen molar-refractivity contribution in [3.8, 4) is 0 Å². The molecule has 1 aliphatic heterocycles. The molecule has 1 saturated heterocycles. The smallest absolute Gasteiger partial charge is 0.224 e. The van der Waals surface area contributed by atoms with Crippen LogP contribution < -0.4 is 5.32 Å². The molecule has 0 aromatic carbocycles. The lowest BCUT2D eigenvalue weighted by atomic mass is 10.0. The maximum absolute atomic E-state index is 11.7. The summed E-state index contributed by atoms with van der Waals surface area (Å²) in [5.41, 5.74) is 0. The van der Waals surface area contributed by atoms with Gasteiger partial charge < -0.3 is 15.0 Å². The monoisotopic (exact) mass is 228 g/mol. The first kappa shape index (κ1) is 13.5. The normalized spacial score (nSPS) is 17.8. The van der Waals surface area contributed by atoms with Gasteiger partial charge in [0, 0.05) is 26.2 Å². The number of nitrogens with zero attached hydrogens (tertiary/aromatic N) is 1. The molecule has 1 heterocycles. The molecule has 0 spiro atoms. The highest BCUT2D eigenvalue weighted by Gasteiger charge is 2.21. The number of rotatable bonds is 6. The van der Waals surface area contributed by atoms with Crippen molar-refractivity contribution < 1.29 is 9.53 Å². The molecule has 1 fully saturated rings. The summed E-state index contributed by atoms with van der Waals surface area (Å²) in [6.07, 6.45) is 3.86. The van der Waals surface area contributed by atoms with Crippen LogP contribution in [0.5, 0.6) is 0 Å². The molecule has 1 N–H and O–H groups in total. The lowest BCUT2D eigenvalue weighted by Gasteiger charge is -2.32. The third-order valence-electron chi connectivity index (χ3n) is 3.05. The van der Waals surface area contributed by atoms with Gasteiger partial charge in [-0.3, -0.25) is 4.79 Å². The Hall–Kier alpha value is -0.610. The van der Waals surface area contributed by atoms with Crippen LogP contribution in [0.1, 0.15) is 32.6 Å². The number of ether oxygens (including phenoxy) is 1. The second-order valence-electron chi connectivity index (χ2n) is 4.35. The van der Waals surface area contributed by atoms with Crippen molar-refractivity contribution in [3.05, 3.63) is 0 Å². The van der Waals surface area contributed by atoms with Gasteiger partial charge in [-0.15, -0.1) is 0 Å². The van der Waals surface area contributed by atoms with E-state index in [4.69, 9.17) is 4.74 Å². The molecule has 0 saturated carbocycles. The van der Waals surface area contributed by atoms with Crippen molar-refractivity contribution >= 4 is 5.91 Å². The van der Waals surface area contributed by atoms with Crippen LogP contribution in [0.15, 0.2) is 0 Å². The fourth-order valence-corrected chi connectivity index (χ4v) is 2.03. The van der Waals surface area contributed by atoms with Crippen LogP contribution >= 0.6 is 0 Å². The molecule has 0 unspecified atom stereocenters. The van der Waals surface area contributed by atoms with Crippen LogP contribution in [0, 0.1) is 0 Å². The fraction of sp³-hybridized carbons (Fsp3) is 0.917. The maximum atomic E-state index is 11.7. The van der Waals surface area contributed by atoms with E-state index in [1.165, 1.54) is 6.42 Å². The Kier molecular flexibility index (Phi) is 6.42. The number of methoxy groups -OCH3 is 1. The van der Waals surface area contributed by atoms with E-state index in [-0.39, 0.29) is 5.91 Å². The number of carbonyl (C=O) groups is 1. The Bertz CT molecular complexity index is 201. The predicted molar refractivity (Wildman–Crippen MR) is 64.4 cm³/mol. The number of amides is 1. The Morgan fingerprint density at radius 2 is 2.12 bits per heavy atom. The topological polar surface area (TPSA) is 41.6 Å². The first-order chi connectivity index (χ1) is 7.77. The molecule has 4 nitrogen and oxygen atoms in total. The van der Waals surface area contributed by atoms with Crippen molar-refractivity contribution in [2.24, 2.45) is 0 Å². The van der Waals surface area contributed by atoms with Crippen LogP contribution in [-0.4, -0.2) is 50.2 Å². The summed E-state index contributed by atoms with van der Waals surface area (Å²) >= 11 is 0. The minimum absolute atomic E-state index is 0.232. The van der Waals surface area contributed by atoms with E-state index < -0.39 is 0 Å². The van der Waals surface area contributed by atoms with Gasteiger partial charge in [-0.1, -0.05) is 6.92 Å². The summed E-state index contributed by atoms with van der Waals surface area (Å²) in [5, 5.41) is 3.51. The molecule has 4 heteroatoms. The molecule has 16 heavy (non-hydrogen) atoms. The number of hydrogen-bond acceptors (Lipinski definition) is 3. The molecule has 0 bridgehead atoms. The van der Waals surface area contributed by atoms with Crippen molar-refractivity contribution in [2.45, 2.75) is 38.6 Å². The van der Waals surface area contributed by atoms with Crippen LogP contribution in [0.4, 0.5) is 0 Å². The average molecular weight is 228 g/mol. The van der Waals surface area contributed by atoms with Crippen LogP contribution in [0.25, 0.3) is 0 Å². The number of hydrogen-bond donors (Lipinski definition) is 1. The van der Waals surface area contributed by atoms with E-state index in [9.17, 15) is 4.79 Å². The number of nitrogens with one attached hydrogen (secondary N) is 1. The zero-order valence-electron chi connectivity index (χ0n) is 10.5. The zero-order valence-corrected chi connectivity index (χ0v) is 10.5. The summed E-state index contributed by atoms with van der Waals surface area (Å²) in [4.78, 5) is 13.7. The summed E-state index contributed by atoms with van der Waals surface area (Å²) in [6, 6.07) is 0.603. The van der Waals surface area contributed by atoms with Gasteiger partial charge >= 0.3 is 0 Å². The molecule has 0 aromatic heterocycles. The van der Waals surface area contributed by atoms with Gasteiger partial charge in [-0.05, 0) is 25.8 Å². The lowest BCUT2D eigenvalue weighted by molar-refractivity contribution is -0.133. The van der Waals surface area contributed by atoms with Gasteiger partial charge in [0.25, 0.3) is 0 Å². The van der Waals surface area contributed by atoms with Gasteiger partial charge in [0.15, 0.2) is 0 Å². The Morgan fingerprint density at radius 3 is 2.69 bits per heavy atom. The van der Waals surface area contributed by atoms with Gasteiger partial charge in [-0.25, -0.2) is 0 Å². The third-order valence-corrected chi connectivity index (χ3v) is 3.05. The van der Waals surface area contributed by atoms with Gasteiger partial charge in [-0.2, -0.15) is 0 Å². The molecule has 0 aromatic rings. The van der Waals surface area contributed by atoms with E-state index >= 15 is 0 Å². The van der Waals surface area contributed by atoms with E-state index in [2.05, 4.69) is 12.2 Å². The molecule has 1 rings (SSSR count). The van der Waals surface area contributed by atoms with E-state index in [0.29, 0.717) is 19.1 Å². The summed E-state index contributed by atoms with van der Waals surface area (Å²) in [7, 11) is 1.63. The van der Waals surface area contributed by atoms with E-state index in [0.717, 1.165) is 32.5 Å². The highest BCUT2D eigenvalue weighted by molar-refractivity contribution is 5.76. The summed E-state index contributed by atoms with van der Waals surface area (Å²) in [6.45, 7) is 5.58. The zero-order chi connectivity index (χ0) is 11.8. The molecule has 0 aliphatic carbocycles. The lowest BCUT2D eigenvalue weighted by Crippen LogP contribution is -2.45. The van der Waals surface area contributed by atoms with Gasteiger partial charge in [0.1, 0.15) is 0 Å². The molecule has 94 valence electrons. The molecular formula is C12H24N2O2. The van der Waals surface area contributed by atoms with Crippen molar-refractivity contribution in [2.75, 3.05) is 33.4 Å². The Labute approximate surface area is 98.3 Å². The maximum Gasteiger partial charge on any atom is 0.224 e. The second-order valence-corrected chi connectivity index (χ2v) is 4.35. The first-order valence-electron chi connectivity index (χ1n) is 6.28. The first-order valence-corrected chi connectivity index (χ1v) is 6.28. The fourth-order valence-electron chi connectivity index (χ4n) is 2.03. The Morgan fingerprint density at radius 1 is 1.44 bits per heavy atom. The number of carbonyl (C=O) groups excluding carboxylic acids is 1. The number of piperidine rings is 1.